The number of amides is 1. The molecule has 136 valence electrons. The number of carboxylic acid groups (broad SMARTS) is 1. The van der Waals surface area contributed by atoms with E-state index in [9.17, 15) is 19.5 Å². The van der Waals surface area contributed by atoms with E-state index in [1.807, 2.05) is 0 Å². The number of nitrogens with one attached hydrogen (secondary N) is 1. The minimum Gasteiger partial charge on any atom is -0.545 e. The molecule has 0 spiro atoms. The van der Waals surface area contributed by atoms with Crippen LogP contribution in [0.3, 0.4) is 0 Å². The molecule has 0 aliphatic carbocycles. The van der Waals surface area contributed by atoms with Crippen LogP contribution in [0.5, 0.6) is 11.5 Å². The van der Waals surface area contributed by atoms with Crippen LogP contribution in [0.1, 0.15) is 15.9 Å². The number of ether oxygens (including phenoxy) is 2. The van der Waals surface area contributed by atoms with Gasteiger partial charge in [-0.15, -0.1) is 0 Å². The van der Waals surface area contributed by atoms with Gasteiger partial charge in [0.25, 0.3) is 11.5 Å². The van der Waals surface area contributed by atoms with Gasteiger partial charge in [0.2, 0.25) is 0 Å². The minimum atomic E-state index is -1.48. The molecular formula is C17H16N3O6-. The van der Waals surface area contributed by atoms with E-state index in [1.165, 1.54) is 43.2 Å². The molecule has 0 saturated carbocycles. The smallest absolute Gasteiger partial charge is 0.260 e. The second-order valence-electron chi connectivity index (χ2n) is 5.01. The molecule has 9 nitrogen and oxygen atoms in total. The Morgan fingerprint density at radius 2 is 2.00 bits per heavy atom. The molecule has 1 aromatic carbocycles. The predicted octanol–water partition coefficient (Wildman–Crippen LogP) is -0.621. The van der Waals surface area contributed by atoms with E-state index >= 15 is 0 Å². The normalized spacial score (nSPS) is 10.5. The van der Waals surface area contributed by atoms with E-state index in [-0.39, 0.29) is 34.7 Å². The fourth-order valence-corrected chi connectivity index (χ4v) is 2.22. The van der Waals surface area contributed by atoms with Gasteiger partial charge in [0.15, 0.2) is 11.5 Å². The Hall–Kier alpha value is -3.62. The number of carboxylic acids is 1. The van der Waals surface area contributed by atoms with E-state index in [0.29, 0.717) is 0 Å². The molecule has 0 atom stereocenters. The zero-order valence-corrected chi connectivity index (χ0v) is 14.1. The summed E-state index contributed by atoms with van der Waals surface area (Å²) in [5, 5.41) is 15.1. The second-order valence-corrected chi connectivity index (χ2v) is 5.01. The van der Waals surface area contributed by atoms with Crippen LogP contribution in [0.4, 0.5) is 0 Å². The molecule has 0 aliphatic rings. The highest BCUT2D eigenvalue weighted by molar-refractivity contribution is 6.01. The van der Waals surface area contributed by atoms with Crippen LogP contribution in [-0.2, 0) is 11.3 Å². The number of carbonyl (C=O) groups excluding carboxylic acids is 2. The van der Waals surface area contributed by atoms with Crippen molar-refractivity contribution in [2.24, 2.45) is 5.10 Å². The van der Waals surface area contributed by atoms with Crippen molar-refractivity contribution in [2.45, 2.75) is 6.54 Å². The molecule has 9 heteroatoms. The largest absolute Gasteiger partial charge is 0.545 e. The Bertz CT molecular complexity index is 904. The number of aromatic nitrogens is 1. The van der Waals surface area contributed by atoms with Crippen molar-refractivity contribution in [3.63, 3.8) is 0 Å². The van der Waals surface area contributed by atoms with E-state index in [2.05, 4.69) is 10.5 Å². The summed E-state index contributed by atoms with van der Waals surface area (Å²) in [6.07, 6.45) is 2.60. The molecule has 0 unspecified atom stereocenters. The van der Waals surface area contributed by atoms with Crippen molar-refractivity contribution in [3.05, 3.63) is 58.0 Å². The lowest BCUT2D eigenvalue weighted by Crippen LogP contribution is -2.29. The number of aromatic carboxylic acids is 1. The molecule has 2 aromatic rings. The number of pyridine rings is 1. The van der Waals surface area contributed by atoms with Gasteiger partial charge in [-0.05, 0) is 18.2 Å². The van der Waals surface area contributed by atoms with E-state index < -0.39 is 11.9 Å². The first-order chi connectivity index (χ1) is 12.5. The number of carbonyl (C=O) groups is 2. The average Bonchev–Trinajstić information content (AvgIpc) is 2.62. The second kappa shape index (κ2) is 8.47. The van der Waals surface area contributed by atoms with Crippen molar-refractivity contribution in [2.75, 3.05) is 14.2 Å². The van der Waals surface area contributed by atoms with Crippen LogP contribution >= 0.6 is 0 Å². The molecule has 1 amide bonds. The van der Waals surface area contributed by atoms with Gasteiger partial charge in [0.1, 0.15) is 6.54 Å². The number of hydrazone groups is 1. The third-order valence-corrected chi connectivity index (χ3v) is 3.39. The van der Waals surface area contributed by atoms with Crippen LogP contribution in [-0.4, -0.2) is 36.9 Å². The summed E-state index contributed by atoms with van der Waals surface area (Å²) in [5.41, 5.74) is 1.79. The van der Waals surface area contributed by atoms with Gasteiger partial charge < -0.3 is 23.9 Å². The Balaban J connectivity index is 2.17. The first kappa shape index (κ1) is 18.7. The van der Waals surface area contributed by atoms with Crippen molar-refractivity contribution in [3.8, 4) is 11.5 Å². The van der Waals surface area contributed by atoms with Gasteiger partial charge in [0.05, 0.1) is 32.0 Å². The van der Waals surface area contributed by atoms with Gasteiger partial charge in [0, 0.05) is 17.8 Å². The maximum atomic E-state index is 11.8. The van der Waals surface area contributed by atoms with Crippen molar-refractivity contribution in [1.82, 2.24) is 9.99 Å². The summed E-state index contributed by atoms with van der Waals surface area (Å²) < 4.78 is 11.3. The van der Waals surface area contributed by atoms with Gasteiger partial charge in [-0.25, -0.2) is 5.43 Å². The first-order valence-electron chi connectivity index (χ1n) is 7.41. The van der Waals surface area contributed by atoms with Crippen molar-refractivity contribution in [1.29, 1.82) is 0 Å². The van der Waals surface area contributed by atoms with E-state index in [4.69, 9.17) is 9.47 Å². The lowest BCUT2D eigenvalue weighted by molar-refractivity contribution is -0.255. The molecule has 1 N–H and O–H groups in total. The Labute approximate surface area is 148 Å². The lowest BCUT2D eigenvalue weighted by Gasteiger charge is -2.15. The van der Waals surface area contributed by atoms with Crippen molar-refractivity contribution >= 4 is 18.1 Å². The first-order valence-corrected chi connectivity index (χ1v) is 7.41. The Morgan fingerprint density at radius 3 is 2.62 bits per heavy atom. The summed E-state index contributed by atoms with van der Waals surface area (Å²) in [7, 11) is 2.67. The van der Waals surface area contributed by atoms with Crippen LogP contribution in [0, 0.1) is 0 Å². The standard InChI is InChI=1S/C17H17N3O6/c1-25-12-7-6-11(15(17(23)24)16(12)26-2)9-18-19-13(21)10-20-8-4-3-5-14(20)22/h3-9H,10H2,1-2H3,(H,19,21)(H,23,24)/p-1/b18-9-. The lowest BCUT2D eigenvalue weighted by atomic mass is 10.1. The number of methoxy groups -OCH3 is 2. The highest BCUT2D eigenvalue weighted by Crippen LogP contribution is 2.32. The number of nitrogens with zero attached hydrogens (tertiary/aromatic N) is 2. The third-order valence-electron chi connectivity index (χ3n) is 3.39. The fraction of sp³-hybridized carbons (Fsp3) is 0.176. The number of benzene rings is 1. The molecule has 0 radical (unpaired) electrons. The molecule has 2 rings (SSSR count). The molecule has 0 aliphatic heterocycles. The molecular weight excluding hydrogens is 342 g/mol. The molecule has 0 saturated heterocycles. The fourth-order valence-electron chi connectivity index (χ4n) is 2.22. The highest BCUT2D eigenvalue weighted by Gasteiger charge is 2.15. The van der Waals surface area contributed by atoms with Gasteiger partial charge in [-0.2, -0.15) is 5.10 Å². The molecule has 1 aromatic heterocycles. The van der Waals surface area contributed by atoms with Crippen LogP contribution in [0.15, 0.2) is 46.4 Å². The summed E-state index contributed by atoms with van der Waals surface area (Å²) in [5.74, 6) is -1.83. The summed E-state index contributed by atoms with van der Waals surface area (Å²) in [6.45, 7) is -0.226. The predicted molar refractivity (Wildman–Crippen MR) is 90.3 cm³/mol. The maximum absolute atomic E-state index is 11.8. The SMILES string of the molecule is COc1ccc(/C=N\NC(=O)Cn2ccccc2=O)c(C(=O)[O-])c1OC. The zero-order valence-electron chi connectivity index (χ0n) is 14.1. The Kier molecular flexibility index (Phi) is 6.10. The van der Waals surface area contributed by atoms with Crippen LogP contribution in [0.25, 0.3) is 0 Å². The summed E-state index contributed by atoms with van der Waals surface area (Å²) >= 11 is 0. The monoisotopic (exact) mass is 358 g/mol. The average molecular weight is 358 g/mol. The van der Waals surface area contributed by atoms with Gasteiger partial charge >= 0.3 is 0 Å². The number of hydrogen-bond acceptors (Lipinski definition) is 7. The molecule has 0 bridgehead atoms. The third kappa shape index (κ3) is 4.26. The molecule has 26 heavy (non-hydrogen) atoms. The molecule has 1 heterocycles. The van der Waals surface area contributed by atoms with Crippen LogP contribution < -0.4 is 25.6 Å². The zero-order chi connectivity index (χ0) is 19.1. The number of hydrogen-bond donors (Lipinski definition) is 1. The number of rotatable bonds is 7. The van der Waals surface area contributed by atoms with Crippen molar-refractivity contribution < 1.29 is 24.2 Å². The van der Waals surface area contributed by atoms with E-state index in [0.717, 1.165) is 6.21 Å². The maximum Gasteiger partial charge on any atom is 0.260 e. The van der Waals surface area contributed by atoms with Crippen LogP contribution in [0.2, 0.25) is 0 Å². The summed E-state index contributed by atoms with van der Waals surface area (Å²) in [4.78, 5) is 34.8. The topological polar surface area (TPSA) is 122 Å². The molecule has 0 fully saturated rings. The Morgan fingerprint density at radius 1 is 1.23 bits per heavy atom. The van der Waals surface area contributed by atoms with Gasteiger partial charge in [-0.3, -0.25) is 9.59 Å². The minimum absolute atomic E-state index is 0.0152. The van der Waals surface area contributed by atoms with E-state index in [1.54, 1.807) is 12.1 Å². The van der Waals surface area contributed by atoms with Gasteiger partial charge in [-0.1, -0.05) is 6.07 Å². The summed E-state index contributed by atoms with van der Waals surface area (Å²) in [6, 6.07) is 7.44. The quantitative estimate of drug-likeness (QED) is 0.520. The highest BCUT2D eigenvalue weighted by atomic mass is 16.5.